The molecule has 0 spiro atoms. The first-order valence-electron chi connectivity index (χ1n) is 7.90. The number of halogens is 1. The molecular weight excluding hydrogens is 318 g/mol. The SMILES string of the molecule is CC(C)C(NC(=O)c1ccco1)C(=O)NCCC1CCNC1.Cl. The highest BCUT2D eigenvalue weighted by molar-refractivity contribution is 5.95. The fourth-order valence-corrected chi connectivity index (χ4v) is 2.63. The second-order valence-corrected chi connectivity index (χ2v) is 6.11. The van der Waals surface area contributed by atoms with Crippen LogP contribution in [0.5, 0.6) is 0 Å². The largest absolute Gasteiger partial charge is 0.459 e. The first-order chi connectivity index (χ1) is 10.6. The number of carbonyl (C=O) groups is 2. The molecule has 1 aliphatic heterocycles. The van der Waals surface area contributed by atoms with Crippen LogP contribution >= 0.6 is 12.4 Å². The van der Waals surface area contributed by atoms with E-state index in [0.29, 0.717) is 12.5 Å². The molecule has 2 unspecified atom stereocenters. The van der Waals surface area contributed by atoms with Gasteiger partial charge < -0.3 is 20.4 Å². The molecule has 3 N–H and O–H groups in total. The van der Waals surface area contributed by atoms with Crippen molar-refractivity contribution in [2.24, 2.45) is 11.8 Å². The Balaban J connectivity index is 0.00000264. The number of hydrogen-bond donors (Lipinski definition) is 3. The van der Waals surface area contributed by atoms with E-state index in [2.05, 4.69) is 16.0 Å². The van der Waals surface area contributed by atoms with Gasteiger partial charge in [-0.3, -0.25) is 9.59 Å². The van der Waals surface area contributed by atoms with Crippen molar-refractivity contribution in [1.82, 2.24) is 16.0 Å². The Bertz CT molecular complexity index is 485. The van der Waals surface area contributed by atoms with Gasteiger partial charge in [0.15, 0.2) is 5.76 Å². The number of hydrogen-bond acceptors (Lipinski definition) is 4. The lowest BCUT2D eigenvalue weighted by Crippen LogP contribution is -2.50. The van der Waals surface area contributed by atoms with E-state index in [1.54, 1.807) is 12.1 Å². The van der Waals surface area contributed by atoms with Crippen molar-refractivity contribution in [3.63, 3.8) is 0 Å². The van der Waals surface area contributed by atoms with E-state index in [4.69, 9.17) is 4.42 Å². The summed E-state index contributed by atoms with van der Waals surface area (Å²) in [6.45, 7) is 6.55. The van der Waals surface area contributed by atoms with Crippen LogP contribution in [-0.2, 0) is 4.79 Å². The van der Waals surface area contributed by atoms with Gasteiger partial charge in [-0.05, 0) is 49.9 Å². The van der Waals surface area contributed by atoms with E-state index in [-0.39, 0.29) is 35.9 Å². The fourth-order valence-electron chi connectivity index (χ4n) is 2.63. The summed E-state index contributed by atoms with van der Waals surface area (Å²) in [4.78, 5) is 24.3. The van der Waals surface area contributed by atoms with E-state index in [0.717, 1.165) is 19.5 Å². The van der Waals surface area contributed by atoms with Gasteiger partial charge in [0.2, 0.25) is 5.91 Å². The third-order valence-electron chi connectivity index (χ3n) is 3.99. The van der Waals surface area contributed by atoms with Crippen molar-refractivity contribution in [1.29, 1.82) is 0 Å². The van der Waals surface area contributed by atoms with Crippen LogP contribution in [0.3, 0.4) is 0 Å². The third kappa shape index (κ3) is 5.88. The van der Waals surface area contributed by atoms with Gasteiger partial charge in [0.05, 0.1) is 6.26 Å². The van der Waals surface area contributed by atoms with Gasteiger partial charge >= 0.3 is 0 Å². The van der Waals surface area contributed by atoms with Gasteiger partial charge in [0.1, 0.15) is 6.04 Å². The third-order valence-corrected chi connectivity index (χ3v) is 3.99. The van der Waals surface area contributed by atoms with Crippen LogP contribution in [-0.4, -0.2) is 37.5 Å². The lowest BCUT2D eigenvalue weighted by Gasteiger charge is -2.21. The highest BCUT2D eigenvalue weighted by Gasteiger charge is 2.25. The average Bonchev–Trinajstić information content (AvgIpc) is 3.16. The van der Waals surface area contributed by atoms with E-state index in [1.165, 1.54) is 12.7 Å². The monoisotopic (exact) mass is 343 g/mol. The molecular formula is C16H26ClN3O3. The molecule has 0 bridgehead atoms. The molecule has 23 heavy (non-hydrogen) atoms. The molecule has 2 atom stereocenters. The first kappa shape index (κ1) is 19.5. The Kier molecular flexibility index (Phi) is 8.12. The van der Waals surface area contributed by atoms with Crippen molar-refractivity contribution in [2.75, 3.05) is 19.6 Å². The van der Waals surface area contributed by atoms with Crippen molar-refractivity contribution in [3.8, 4) is 0 Å². The first-order valence-corrected chi connectivity index (χ1v) is 7.90. The lowest BCUT2D eigenvalue weighted by molar-refractivity contribution is -0.124. The van der Waals surface area contributed by atoms with Gasteiger partial charge in [-0.2, -0.15) is 0 Å². The molecule has 1 aromatic heterocycles. The molecule has 2 amide bonds. The highest BCUT2D eigenvalue weighted by atomic mass is 35.5. The Hall–Kier alpha value is -1.53. The zero-order valence-corrected chi connectivity index (χ0v) is 14.4. The van der Waals surface area contributed by atoms with Crippen LogP contribution in [0.15, 0.2) is 22.8 Å². The summed E-state index contributed by atoms with van der Waals surface area (Å²) in [5.41, 5.74) is 0. The van der Waals surface area contributed by atoms with Crippen molar-refractivity contribution < 1.29 is 14.0 Å². The maximum atomic E-state index is 12.3. The number of furan rings is 1. The summed E-state index contributed by atoms with van der Waals surface area (Å²) in [5, 5.41) is 8.98. The van der Waals surface area contributed by atoms with Crippen LogP contribution in [0.25, 0.3) is 0 Å². The molecule has 2 rings (SSSR count). The Labute approximate surface area is 143 Å². The quantitative estimate of drug-likeness (QED) is 0.701. The molecule has 0 aromatic carbocycles. The Morgan fingerprint density at radius 3 is 2.78 bits per heavy atom. The van der Waals surface area contributed by atoms with Crippen LogP contribution < -0.4 is 16.0 Å². The van der Waals surface area contributed by atoms with Gasteiger partial charge in [0, 0.05) is 6.54 Å². The van der Waals surface area contributed by atoms with E-state index >= 15 is 0 Å². The molecule has 0 aliphatic carbocycles. The smallest absolute Gasteiger partial charge is 0.287 e. The Morgan fingerprint density at radius 1 is 1.43 bits per heavy atom. The predicted octanol–water partition coefficient (Wildman–Crippen LogP) is 1.57. The molecule has 1 aliphatic rings. The summed E-state index contributed by atoms with van der Waals surface area (Å²) < 4.78 is 5.05. The summed E-state index contributed by atoms with van der Waals surface area (Å²) >= 11 is 0. The van der Waals surface area contributed by atoms with Crippen LogP contribution in [0, 0.1) is 11.8 Å². The normalized spacial score (nSPS) is 18.3. The van der Waals surface area contributed by atoms with Crippen LogP contribution in [0.2, 0.25) is 0 Å². The second kappa shape index (κ2) is 9.57. The maximum Gasteiger partial charge on any atom is 0.287 e. The van der Waals surface area contributed by atoms with E-state index in [9.17, 15) is 9.59 Å². The fraction of sp³-hybridized carbons (Fsp3) is 0.625. The molecule has 0 radical (unpaired) electrons. The van der Waals surface area contributed by atoms with Crippen molar-refractivity contribution in [2.45, 2.75) is 32.7 Å². The number of rotatable bonds is 7. The van der Waals surface area contributed by atoms with Crippen molar-refractivity contribution >= 4 is 24.2 Å². The maximum absolute atomic E-state index is 12.3. The minimum Gasteiger partial charge on any atom is -0.459 e. The Morgan fingerprint density at radius 2 is 2.22 bits per heavy atom. The molecule has 7 heteroatoms. The topological polar surface area (TPSA) is 83.4 Å². The van der Waals surface area contributed by atoms with Crippen LogP contribution in [0.4, 0.5) is 0 Å². The molecule has 1 fully saturated rings. The summed E-state index contributed by atoms with van der Waals surface area (Å²) in [5.74, 6) is 0.359. The molecule has 6 nitrogen and oxygen atoms in total. The molecule has 130 valence electrons. The number of nitrogens with one attached hydrogen (secondary N) is 3. The average molecular weight is 344 g/mol. The van der Waals surface area contributed by atoms with Crippen molar-refractivity contribution in [3.05, 3.63) is 24.2 Å². The summed E-state index contributed by atoms with van der Waals surface area (Å²) in [7, 11) is 0. The predicted molar refractivity (Wildman–Crippen MR) is 90.7 cm³/mol. The van der Waals surface area contributed by atoms with E-state index in [1.807, 2.05) is 13.8 Å². The van der Waals surface area contributed by atoms with E-state index < -0.39 is 6.04 Å². The van der Waals surface area contributed by atoms with Gasteiger partial charge in [-0.15, -0.1) is 12.4 Å². The number of carbonyl (C=O) groups excluding carboxylic acids is 2. The summed E-state index contributed by atoms with van der Waals surface area (Å²) in [6, 6.07) is 2.67. The molecule has 2 heterocycles. The van der Waals surface area contributed by atoms with Crippen LogP contribution in [0.1, 0.15) is 37.2 Å². The van der Waals surface area contributed by atoms with Gasteiger partial charge in [0.25, 0.3) is 5.91 Å². The summed E-state index contributed by atoms with van der Waals surface area (Å²) in [6.07, 6.45) is 3.57. The second-order valence-electron chi connectivity index (χ2n) is 6.11. The molecule has 1 saturated heterocycles. The molecule has 1 aromatic rings. The van der Waals surface area contributed by atoms with Gasteiger partial charge in [-0.25, -0.2) is 0 Å². The zero-order chi connectivity index (χ0) is 15.9. The molecule has 0 saturated carbocycles. The van der Waals surface area contributed by atoms with Gasteiger partial charge in [-0.1, -0.05) is 13.8 Å². The highest BCUT2D eigenvalue weighted by Crippen LogP contribution is 2.11. The standard InChI is InChI=1S/C16H25N3O3.ClH/c1-11(2)14(19-15(20)13-4-3-9-22-13)16(21)18-8-6-12-5-7-17-10-12;/h3-4,9,11-12,14,17H,5-8,10H2,1-2H3,(H,18,21)(H,19,20);1H. The minimum atomic E-state index is -0.556. The minimum absolute atomic E-state index is 0. The number of amides is 2. The zero-order valence-electron chi connectivity index (χ0n) is 13.6. The lowest BCUT2D eigenvalue weighted by atomic mass is 10.0.